The van der Waals surface area contributed by atoms with Gasteiger partial charge in [-0.3, -0.25) is 14.9 Å². The fraction of sp³-hybridized carbons (Fsp3) is 0.167. The van der Waals surface area contributed by atoms with E-state index in [4.69, 9.17) is 4.42 Å². The fourth-order valence-corrected chi connectivity index (χ4v) is 1.67. The summed E-state index contributed by atoms with van der Waals surface area (Å²) in [6, 6.07) is 3.08. The molecule has 1 aromatic carbocycles. The highest BCUT2D eigenvalue weighted by Gasteiger charge is 2.24. The Kier molecular flexibility index (Phi) is 3.38. The number of aromatic hydroxyl groups is 1. The summed E-state index contributed by atoms with van der Waals surface area (Å²) in [5, 5.41) is 20.3. The van der Waals surface area contributed by atoms with Crippen molar-refractivity contribution in [2.24, 2.45) is 0 Å². The van der Waals surface area contributed by atoms with Crippen LogP contribution in [0, 0.1) is 10.1 Å². The van der Waals surface area contributed by atoms with Gasteiger partial charge >= 0.3 is 11.7 Å². The minimum atomic E-state index is -0.913. The summed E-state index contributed by atoms with van der Waals surface area (Å²) in [5.41, 5.74) is -1.88. The number of nitrogens with zero attached hydrogens (tertiary/aromatic N) is 1. The summed E-state index contributed by atoms with van der Waals surface area (Å²) >= 11 is 0. The van der Waals surface area contributed by atoms with Crippen molar-refractivity contribution in [3.63, 3.8) is 0 Å². The SMILES string of the molecule is CCOC(=O)c1cc(=O)c2ccc(O)c([N+](=O)[O-])c2o1. The second-order valence-electron chi connectivity index (χ2n) is 3.76. The Hall–Kier alpha value is -2.90. The Bertz CT molecular complexity index is 762. The predicted octanol–water partition coefficient (Wildman–Crippen LogP) is 1.58. The molecular formula is C12H9NO7. The van der Waals surface area contributed by atoms with E-state index < -0.39 is 39.1 Å². The zero-order valence-corrected chi connectivity index (χ0v) is 10.3. The van der Waals surface area contributed by atoms with Gasteiger partial charge in [-0.2, -0.15) is 0 Å². The van der Waals surface area contributed by atoms with Crippen molar-refractivity contribution in [3.05, 3.63) is 44.3 Å². The number of benzene rings is 1. The minimum absolute atomic E-state index is 0.0582. The molecule has 0 amide bonds. The number of phenolic OH excluding ortho intramolecular Hbond substituents is 1. The summed E-state index contributed by atoms with van der Waals surface area (Å²) in [6.45, 7) is 1.62. The first kappa shape index (κ1) is 13.5. The lowest BCUT2D eigenvalue weighted by Gasteiger charge is -2.04. The van der Waals surface area contributed by atoms with E-state index in [-0.39, 0.29) is 12.0 Å². The first-order chi connectivity index (χ1) is 9.45. The van der Waals surface area contributed by atoms with E-state index in [0.717, 1.165) is 12.1 Å². The Balaban J connectivity index is 2.80. The van der Waals surface area contributed by atoms with Crippen molar-refractivity contribution in [1.82, 2.24) is 0 Å². The number of rotatable bonds is 3. The second kappa shape index (κ2) is 5.00. The maximum atomic E-state index is 11.8. The normalized spacial score (nSPS) is 10.4. The number of hydrogen-bond acceptors (Lipinski definition) is 7. The standard InChI is InChI=1S/C12H9NO7/c1-2-19-12(16)9-5-8(15)6-3-4-7(14)10(13(17)18)11(6)20-9/h3-5,14H,2H2,1H3. The summed E-state index contributed by atoms with van der Waals surface area (Å²) in [4.78, 5) is 33.4. The number of nitro benzene ring substituents is 1. The highest BCUT2D eigenvalue weighted by Crippen LogP contribution is 2.33. The van der Waals surface area contributed by atoms with E-state index in [1.54, 1.807) is 6.92 Å². The van der Waals surface area contributed by atoms with Gasteiger partial charge in [0.05, 0.1) is 16.9 Å². The summed E-state index contributed by atoms with van der Waals surface area (Å²) < 4.78 is 9.71. The van der Waals surface area contributed by atoms with Crippen molar-refractivity contribution in [2.45, 2.75) is 6.92 Å². The van der Waals surface area contributed by atoms with Crippen LogP contribution in [0.2, 0.25) is 0 Å². The molecular weight excluding hydrogens is 270 g/mol. The van der Waals surface area contributed by atoms with Crippen LogP contribution in [0.25, 0.3) is 11.0 Å². The van der Waals surface area contributed by atoms with Crippen LogP contribution in [0.3, 0.4) is 0 Å². The molecule has 0 aliphatic carbocycles. The maximum absolute atomic E-state index is 11.8. The molecule has 1 heterocycles. The largest absolute Gasteiger partial charge is 0.502 e. The van der Waals surface area contributed by atoms with E-state index in [0.29, 0.717) is 0 Å². The Morgan fingerprint density at radius 2 is 2.20 bits per heavy atom. The molecule has 2 aromatic rings. The molecule has 8 nitrogen and oxygen atoms in total. The first-order valence-electron chi connectivity index (χ1n) is 5.57. The first-order valence-corrected chi connectivity index (χ1v) is 5.57. The predicted molar refractivity (Wildman–Crippen MR) is 66.8 cm³/mol. The molecule has 0 aliphatic rings. The molecule has 0 aliphatic heterocycles. The molecule has 0 saturated carbocycles. The number of carbonyl (C=O) groups is 1. The lowest BCUT2D eigenvalue weighted by molar-refractivity contribution is -0.384. The Morgan fingerprint density at radius 1 is 1.50 bits per heavy atom. The Labute approximate surface area is 111 Å². The highest BCUT2D eigenvalue weighted by molar-refractivity contribution is 5.92. The van der Waals surface area contributed by atoms with Crippen molar-refractivity contribution in [3.8, 4) is 5.75 Å². The molecule has 0 saturated heterocycles. The lowest BCUT2D eigenvalue weighted by atomic mass is 10.2. The lowest BCUT2D eigenvalue weighted by Crippen LogP contribution is -2.10. The van der Waals surface area contributed by atoms with Crippen LogP contribution < -0.4 is 5.43 Å². The molecule has 0 radical (unpaired) electrons. The van der Waals surface area contributed by atoms with Crippen molar-refractivity contribution < 1.29 is 24.0 Å². The molecule has 2 rings (SSSR count). The molecule has 0 unspecified atom stereocenters. The van der Waals surface area contributed by atoms with Gasteiger partial charge in [-0.15, -0.1) is 0 Å². The summed E-state index contributed by atoms with van der Waals surface area (Å²) in [7, 11) is 0. The molecule has 0 fully saturated rings. The minimum Gasteiger partial charge on any atom is -0.502 e. The number of ether oxygens (including phenoxy) is 1. The van der Waals surface area contributed by atoms with Gasteiger partial charge in [0.2, 0.25) is 11.3 Å². The molecule has 20 heavy (non-hydrogen) atoms. The number of hydrogen-bond donors (Lipinski definition) is 1. The van der Waals surface area contributed by atoms with Gasteiger partial charge in [-0.05, 0) is 19.1 Å². The average Bonchev–Trinajstić information content (AvgIpc) is 2.37. The van der Waals surface area contributed by atoms with Crippen LogP contribution in [0.5, 0.6) is 5.75 Å². The van der Waals surface area contributed by atoms with Gasteiger partial charge in [0.1, 0.15) is 0 Å². The van der Waals surface area contributed by atoms with Crippen LogP contribution in [0.15, 0.2) is 27.4 Å². The third-order valence-corrected chi connectivity index (χ3v) is 2.51. The van der Waals surface area contributed by atoms with E-state index in [2.05, 4.69) is 4.74 Å². The van der Waals surface area contributed by atoms with E-state index in [1.165, 1.54) is 6.07 Å². The molecule has 8 heteroatoms. The van der Waals surface area contributed by atoms with Gasteiger partial charge in [0.15, 0.2) is 11.2 Å². The third kappa shape index (κ3) is 2.18. The third-order valence-electron chi connectivity index (χ3n) is 2.51. The van der Waals surface area contributed by atoms with Gasteiger partial charge in [-0.1, -0.05) is 0 Å². The van der Waals surface area contributed by atoms with Crippen molar-refractivity contribution in [2.75, 3.05) is 6.61 Å². The van der Waals surface area contributed by atoms with Crippen LogP contribution in [-0.2, 0) is 4.74 Å². The Morgan fingerprint density at radius 3 is 2.80 bits per heavy atom. The maximum Gasteiger partial charge on any atom is 0.374 e. The van der Waals surface area contributed by atoms with Gasteiger partial charge in [-0.25, -0.2) is 4.79 Å². The van der Waals surface area contributed by atoms with Crippen molar-refractivity contribution in [1.29, 1.82) is 0 Å². The number of nitro groups is 1. The number of phenols is 1. The average molecular weight is 279 g/mol. The van der Waals surface area contributed by atoms with Gasteiger partial charge < -0.3 is 14.3 Å². The molecule has 0 spiro atoms. The highest BCUT2D eigenvalue weighted by atomic mass is 16.6. The van der Waals surface area contributed by atoms with E-state index >= 15 is 0 Å². The van der Waals surface area contributed by atoms with Crippen LogP contribution in [0.1, 0.15) is 17.5 Å². The molecule has 1 N–H and O–H groups in total. The topological polar surface area (TPSA) is 120 Å². The number of fused-ring (bicyclic) bond motifs is 1. The van der Waals surface area contributed by atoms with Crippen LogP contribution >= 0.6 is 0 Å². The number of carbonyl (C=O) groups excluding carboxylic acids is 1. The summed E-state index contributed by atoms with van der Waals surface area (Å²) in [5.74, 6) is -2.03. The van der Waals surface area contributed by atoms with Crippen molar-refractivity contribution >= 4 is 22.6 Å². The summed E-state index contributed by atoms with van der Waals surface area (Å²) in [6.07, 6.45) is 0. The monoisotopic (exact) mass is 279 g/mol. The zero-order valence-electron chi connectivity index (χ0n) is 10.3. The van der Waals surface area contributed by atoms with E-state index in [9.17, 15) is 24.8 Å². The second-order valence-corrected chi connectivity index (χ2v) is 3.76. The van der Waals surface area contributed by atoms with Gasteiger partial charge in [0, 0.05) is 6.07 Å². The van der Waals surface area contributed by atoms with Gasteiger partial charge in [0.25, 0.3) is 0 Å². The molecule has 1 aromatic heterocycles. The fourth-order valence-electron chi connectivity index (χ4n) is 1.67. The zero-order chi connectivity index (χ0) is 14.9. The smallest absolute Gasteiger partial charge is 0.374 e. The number of esters is 1. The molecule has 0 atom stereocenters. The van der Waals surface area contributed by atoms with E-state index in [1.807, 2.05) is 0 Å². The quantitative estimate of drug-likeness (QED) is 0.514. The van der Waals surface area contributed by atoms with Crippen LogP contribution in [-0.4, -0.2) is 22.6 Å². The molecule has 104 valence electrons. The molecule has 0 bridgehead atoms. The van der Waals surface area contributed by atoms with Crippen LogP contribution in [0.4, 0.5) is 5.69 Å².